The van der Waals surface area contributed by atoms with Crippen LogP contribution in [-0.4, -0.2) is 0 Å². The minimum absolute atomic E-state index is 1.15. The fourth-order valence-electron chi connectivity index (χ4n) is 1.95. The van der Waals surface area contributed by atoms with Crippen molar-refractivity contribution in [1.82, 2.24) is 0 Å². The van der Waals surface area contributed by atoms with Gasteiger partial charge in [-0.25, -0.2) is 0 Å². The van der Waals surface area contributed by atoms with Gasteiger partial charge in [-0.1, -0.05) is 76.7 Å². The highest BCUT2D eigenvalue weighted by Gasteiger charge is 1.89. The first-order valence-electron chi connectivity index (χ1n) is 8.06. The zero-order chi connectivity index (χ0) is 13.3. The fraction of sp³-hybridized carbons (Fsp3) is 0.778. The fourth-order valence-corrected chi connectivity index (χ4v) is 1.95. The van der Waals surface area contributed by atoms with E-state index in [1.807, 2.05) is 0 Å². The van der Waals surface area contributed by atoms with Crippen molar-refractivity contribution in [3.05, 3.63) is 23.6 Å². The van der Waals surface area contributed by atoms with Crippen molar-refractivity contribution in [2.75, 3.05) is 0 Å². The van der Waals surface area contributed by atoms with Crippen LogP contribution in [0.5, 0.6) is 0 Å². The van der Waals surface area contributed by atoms with Crippen LogP contribution in [0.15, 0.2) is 23.6 Å². The quantitative estimate of drug-likeness (QED) is 0.270. The lowest BCUT2D eigenvalue weighted by Crippen LogP contribution is -1.79. The highest BCUT2D eigenvalue weighted by Crippen LogP contribution is 2.09. The van der Waals surface area contributed by atoms with Crippen molar-refractivity contribution in [3.63, 3.8) is 0 Å². The summed E-state index contributed by atoms with van der Waals surface area (Å²) >= 11 is 0. The molecule has 0 aliphatic heterocycles. The van der Waals surface area contributed by atoms with E-state index < -0.39 is 0 Å². The van der Waals surface area contributed by atoms with Crippen LogP contribution in [0.25, 0.3) is 0 Å². The molecule has 0 aromatic carbocycles. The Morgan fingerprint density at radius 3 is 1.56 bits per heavy atom. The maximum atomic E-state index is 3.13. The van der Waals surface area contributed by atoms with Crippen molar-refractivity contribution in [3.8, 4) is 0 Å². The molecule has 0 rings (SSSR count). The first-order valence-corrected chi connectivity index (χ1v) is 8.06. The van der Waals surface area contributed by atoms with E-state index in [2.05, 4.69) is 37.5 Å². The lowest BCUT2D eigenvalue weighted by atomic mass is 10.1. The molecule has 0 unspecified atom stereocenters. The van der Waals surface area contributed by atoms with Crippen LogP contribution in [-0.2, 0) is 0 Å². The molecule has 0 aromatic rings. The zero-order valence-corrected chi connectivity index (χ0v) is 12.6. The van der Waals surface area contributed by atoms with Crippen LogP contribution in [0.2, 0.25) is 0 Å². The van der Waals surface area contributed by atoms with E-state index in [0.717, 1.165) is 6.42 Å². The molecule has 0 heteroatoms. The molecule has 18 heavy (non-hydrogen) atoms. The van der Waals surface area contributed by atoms with Gasteiger partial charge >= 0.3 is 0 Å². The monoisotopic (exact) mass is 248 g/mol. The molecule has 0 radical (unpaired) electrons. The molecular weight excluding hydrogens is 216 g/mol. The summed E-state index contributed by atoms with van der Waals surface area (Å²) < 4.78 is 0. The predicted molar refractivity (Wildman–Crippen MR) is 82.9 cm³/mol. The van der Waals surface area contributed by atoms with E-state index in [0.29, 0.717) is 0 Å². The van der Waals surface area contributed by atoms with Gasteiger partial charge in [-0.15, -0.1) is 0 Å². The molecular formula is C18H32. The van der Waals surface area contributed by atoms with Gasteiger partial charge in [0.2, 0.25) is 0 Å². The average molecular weight is 248 g/mol. The minimum Gasteiger partial charge on any atom is -0.0750 e. The third-order valence-corrected chi connectivity index (χ3v) is 3.19. The van der Waals surface area contributed by atoms with E-state index in [1.54, 1.807) is 0 Å². The lowest BCUT2D eigenvalue weighted by molar-refractivity contribution is 0.577. The van der Waals surface area contributed by atoms with Crippen LogP contribution >= 0.6 is 0 Å². The lowest BCUT2D eigenvalue weighted by Gasteiger charge is -1.99. The van der Waals surface area contributed by atoms with E-state index >= 15 is 0 Å². The number of hydrogen-bond donors (Lipinski definition) is 0. The Labute approximate surface area is 115 Å². The summed E-state index contributed by atoms with van der Waals surface area (Å²) in [6, 6.07) is 0. The second-order valence-corrected chi connectivity index (χ2v) is 5.10. The molecule has 0 saturated carbocycles. The van der Waals surface area contributed by atoms with Gasteiger partial charge in [-0.05, 0) is 37.8 Å². The molecule has 0 aliphatic carbocycles. The Bertz CT molecular complexity index is 237. The Balaban J connectivity index is 3.24. The van der Waals surface area contributed by atoms with Gasteiger partial charge in [-0.3, -0.25) is 0 Å². The molecule has 0 saturated heterocycles. The second kappa shape index (κ2) is 16.3. The largest absolute Gasteiger partial charge is 0.0750 e. The molecule has 0 aromatic heterocycles. The molecule has 0 fully saturated rings. The van der Waals surface area contributed by atoms with Gasteiger partial charge < -0.3 is 0 Å². The summed E-state index contributed by atoms with van der Waals surface area (Å²) in [5, 5.41) is 0. The standard InChI is InChI=1S/C18H32/c1-3-5-7-9-11-13-15-17-18-16-14-12-10-8-6-4-2/h9,15H,3-8,10,12,14,16-18H2,1-2H3. The summed E-state index contributed by atoms with van der Waals surface area (Å²) in [7, 11) is 0. The van der Waals surface area contributed by atoms with Gasteiger partial charge in [0.15, 0.2) is 0 Å². The van der Waals surface area contributed by atoms with Gasteiger partial charge in [0.25, 0.3) is 0 Å². The smallest absolute Gasteiger partial charge is 0.0268 e. The summed E-state index contributed by atoms with van der Waals surface area (Å²) in [6.07, 6.45) is 20.3. The van der Waals surface area contributed by atoms with Gasteiger partial charge in [0.05, 0.1) is 0 Å². The van der Waals surface area contributed by atoms with Gasteiger partial charge in [-0.2, -0.15) is 0 Å². The third-order valence-electron chi connectivity index (χ3n) is 3.19. The van der Waals surface area contributed by atoms with E-state index in [-0.39, 0.29) is 0 Å². The van der Waals surface area contributed by atoms with Crippen molar-refractivity contribution in [1.29, 1.82) is 0 Å². The number of allylic oxidation sites excluding steroid dienone is 2. The molecule has 0 spiro atoms. The summed E-state index contributed by atoms with van der Waals surface area (Å²) in [4.78, 5) is 0. The number of rotatable bonds is 12. The number of unbranched alkanes of at least 4 members (excludes halogenated alkanes) is 10. The summed E-state index contributed by atoms with van der Waals surface area (Å²) in [5.74, 6) is 0. The highest BCUT2D eigenvalue weighted by atomic mass is 14.0. The maximum Gasteiger partial charge on any atom is -0.0268 e. The highest BCUT2D eigenvalue weighted by molar-refractivity contribution is 4.86. The topological polar surface area (TPSA) is 0 Å². The normalized spacial score (nSPS) is 9.67. The summed E-state index contributed by atoms with van der Waals surface area (Å²) in [5.41, 5.74) is 6.25. The van der Waals surface area contributed by atoms with Crippen LogP contribution in [0, 0.1) is 0 Å². The molecule has 0 heterocycles. The Morgan fingerprint density at radius 1 is 0.556 bits per heavy atom. The zero-order valence-electron chi connectivity index (χ0n) is 12.6. The summed E-state index contributed by atoms with van der Waals surface area (Å²) in [6.45, 7) is 4.49. The van der Waals surface area contributed by atoms with Gasteiger partial charge in [0, 0.05) is 0 Å². The first kappa shape index (κ1) is 17.3. The Morgan fingerprint density at radius 2 is 1.00 bits per heavy atom. The SMILES string of the molecule is CCCCC=C=C=CCCCCCCCCCC. The first-order chi connectivity index (χ1) is 8.91. The molecule has 0 nitrogen and oxygen atoms in total. The Kier molecular flexibility index (Phi) is 15.7. The molecule has 0 amide bonds. The van der Waals surface area contributed by atoms with E-state index in [1.165, 1.54) is 70.6 Å². The van der Waals surface area contributed by atoms with Crippen LogP contribution in [0.3, 0.4) is 0 Å². The van der Waals surface area contributed by atoms with Crippen molar-refractivity contribution in [2.24, 2.45) is 0 Å². The van der Waals surface area contributed by atoms with Gasteiger partial charge in [0.1, 0.15) is 0 Å². The minimum atomic E-state index is 1.15. The van der Waals surface area contributed by atoms with Crippen LogP contribution in [0.4, 0.5) is 0 Å². The van der Waals surface area contributed by atoms with E-state index in [9.17, 15) is 0 Å². The molecule has 0 bridgehead atoms. The maximum absolute atomic E-state index is 3.13. The third kappa shape index (κ3) is 15.3. The van der Waals surface area contributed by atoms with Crippen molar-refractivity contribution < 1.29 is 0 Å². The average Bonchev–Trinajstić information content (AvgIpc) is 2.39. The molecule has 0 aliphatic rings. The Hall–Kier alpha value is -0.700. The van der Waals surface area contributed by atoms with Crippen molar-refractivity contribution >= 4 is 0 Å². The van der Waals surface area contributed by atoms with Crippen LogP contribution < -0.4 is 0 Å². The number of hydrogen-bond acceptors (Lipinski definition) is 0. The second-order valence-electron chi connectivity index (χ2n) is 5.10. The van der Waals surface area contributed by atoms with E-state index in [4.69, 9.17) is 0 Å². The molecule has 0 N–H and O–H groups in total. The van der Waals surface area contributed by atoms with Crippen molar-refractivity contribution in [2.45, 2.75) is 90.9 Å². The molecule has 104 valence electrons. The predicted octanol–water partition coefficient (Wildman–Crippen LogP) is 6.57. The van der Waals surface area contributed by atoms with Crippen LogP contribution in [0.1, 0.15) is 90.9 Å². The molecule has 0 atom stereocenters.